The zero-order valence-corrected chi connectivity index (χ0v) is 12.8. The summed E-state index contributed by atoms with van der Waals surface area (Å²) < 4.78 is 0. The fourth-order valence-corrected chi connectivity index (χ4v) is 3.34. The van der Waals surface area contributed by atoms with E-state index in [1.807, 2.05) is 0 Å². The summed E-state index contributed by atoms with van der Waals surface area (Å²) >= 11 is 0. The van der Waals surface area contributed by atoms with Gasteiger partial charge >= 0.3 is 0 Å². The maximum Gasteiger partial charge on any atom is 0.00952 e. The minimum absolute atomic E-state index is 0.847. The largest absolute Gasteiger partial charge is 0.314 e. The van der Waals surface area contributed by atoms with E-state index in [4.69, 9.17) is 0 Å². The fraction of sp³-hybridized carbons (Fsp3) is 1.00. The van der Waals surface area contributed by atoms with Gasteiger partial charge in [0.1, 0.15) is 0 Å². The van der Waals surface area contributed by atoms with Crippen LogP contribution in [0.2, 0.25) is 0 Å². The van der Waals surface area contributed by atoms with E-state index in [9.17, 15) is 0 Å². The molecule has 0 saturated heterocycles. The Balaban J connectivity index is 1.83. The molecule has 0 radical (unpaired) electrons. The molecule has 0 aromatic rings. The van der Waals surface area contributed by atoms with E-state index in [2.05, 4.69) is 19.2 Å². The van der Waals surface area contributed by atoms with Gasteiger partial charge in [0.2, 0.25) is 0 Å². The molecule has 0 amide bonds. The summed E-state index contributed by atoms with van der Waals surface area (Å²) in [4.78, 5) is 0. The van der Waals surface area contributed by atoms with Gasteiger partial charge in [-0.25, -0.2) is 0 Å². The second kappa shape index (κ2) is 10.8. The standard InChI is InChI=1S/C17H35N/c1-3-5-6-7-8-9-10-11-15-18-17-14-12-13-16(17)4-2/h16-18H,3-15H2,1-2H3. The molecule has 0 aliphatic heterocycles. The Labute approximate surface area is 115 Å². The van der Waals surface area contributed by atoms with Gasteiger partial charge in [0.15, 0.2) is 0 Å². The van der Waals surface area contributed by atoms with E-state index in [-0.39, 0.29) is 0 Å². The molecular weight excluding hydrogens is 218 g/mol. The normalized spacial score (nSPS) is 23.7. The molecule has 2 unspecified atom stereocenters. The molecule has 2 atom stereocenters. The average Bonchev–Trinajstić information content (AvgIpc) is 2.84. The van der Waals surface area contributed by atoms with E-state index >= 15 is 0 Å². The van der Waals surface area contributed by atoms with Crippen molar-refractivity contribution in [3.05, 3.63) is 0 Å². The van der Waals surface area contributed by atoms with Crippen LogP contribution in [0.25, 0.3) is 0 Å². The second-order valence-electron chi connectivity index (χ2n) is 6.13. The van der Waals surface area contributed by atoms with Crippen molar-refractivity contribution in [2.24, 2.45) is 5.92 Å². The fourth-order valence-electron chi connectivity index (χ4n) is 3.34. The van der Waals surface area contributed by atoms with Crippen LogP contribution in [-0.2, 0) is 0 Å². The molecule has 1 heteroatoms. The van der Waals surface area contributed by atoms with Crippen molar-refractivity contribution in [1.82, 2.24) is 5.32 Å². The molecule has 0 spiro atoms. The smallest absolute Gasteiger partial charge is 0.00952 e. The summed E-state index contributed by atoms with van der Waals surface area (Å²) in [5, 5.41) is 3.79. The van der Waals surface area contributed by atoms with Crippen molar-refractivity contribution in [2.75, 3.05) is 6.54 Å². The molecule has 1 saturated carbocycles. The van der Waals surface area contributed by atoms with E-state index in [0.717, 1.165) is 12.0 Å². The first kappa shape index (κ1) is 16.0. The molecule has 1 nitrogen and oxygen atoms in total. The first-order valence-electron chi connectivity index (χ1n) is 8.61. The Morgan fingerprint density at radius 2 is 1.50 bits per heavy atom. The number of unbranched alkanes of at least 4 members (excludes halogenated alkanes) is 7. The minimum Gasteiger partial charge on any atom is -0.314 e. The van der Waals surface area contributed by atoms with Gasteiger partial charge in [0, 0.05) is 6.04 Å². The van der Waals surface area contributed by atoms with Crippen LogP contribution in [0.3, 0.4) is 0 Å². The Hall–Kier alpha value is -0.0400. The molecule has 0 bridgehead atoms. The van der Waals surface area contributed by atoms with Crippen LogP contribution >= 0.6 is 0 Å². The monoisotopic (exact) mass is 253 g/mol. The van der Waals surface area contributed by atoms with Crippen molar-refractivity contribution in [1.29, 1.82) is 0 Å². The van der Waals surface area contributed by atoms with Crippen LogP contribution in [0.4, 0.5) is 0 Å². The van der Waals surface area contributed by atoms with Crippen molar-refractivity contribution < 1.29 is 0 Å². The quantitative estimate of drug-likeness (QED) is 0.493. The summed E-state index contributed by atoms with van der Waals surface area (Å²) in [6, 6.07) is 0.847. The van der Waals surface area contributed by atoms with E-state index in [0.29, 0.717) is 0 Å². The minimum atomic E-state index is 0.847. The predicted octanol–water partition coefficient (Wildman–Crippen LogP) is 5.30. The van der Waals surface area contributed by atoms with Gasteiger partial charge in [0.25, 0.3) is 0 Å². The zero-order chi connectivity index (χ0) is 13.1. The van der Waals surface area contributed by atoms with Gasteiger partial charge in [0.05, 0.1) is 0 Å². The number of nitrogens with one attached hydrogen (secondary N) is 1. The van der Waals surface area contributed by atoms with Crippen molar-refractivity contribution in [2.45, 2.75) is 96.9 Å². The maximum atomic E-state index is 3.79. The Morgan fingerprint density at radius 3 is 2.17 bits per heavy atom. The summed E-state index contributed by atoms with van der Waals surface area (Å²) in [5.74, 6) is 0.971. The van der Waals surface area contributed by atoms with Crippen molar-refractivity contribution >= 4 is 0 Å². The molecule has 1 aliphatic rings. The van der Waals surface area contributed by atoms with Crippen LogP contribution in [0.5, 0.6) is 0 Å². The topological polar surface area (TPSA) is 12.0 Å². The van der Waals surface area contributed by atoms with Crippen LogP contribution in [0.15, 0.2) is 0 Å². The Kier molecular flexibility index (Phi) is 9.65. The van der Waals surface area contributed by atoms with Gasteiger partial charge in [-0.3, -0.25) is 0 Å². The van der Waals surface area contributed by atoms with Crippen LogP contribution < -0.4 is 5.32 Å². The average molecular weight is 253 g/mol. The predicted molar refractivity (Wildman–Crippen MR) is 82.0 cm³/mol. The van der Waals surface area contributed by atoms with Crippen LogP contribution in [0.1, 0.15) is 90.9 Å². The third kappa shape index (κ3) is 6.78. The van der Waals surface area contributed by atoms with Gasteiger partial charge in [-0.15, -0.1) is 0 Å². The Morgan fingerprint density at radius 1 is 0.833 bits per heavy atom. The highest BCUT2D eigenvalue weighted by atomic mass is 14.9. The lowest BCUT2D eigenvalue weighted by Gasteiger charge is -2.19. The number of rotatable bonds is 11. The maximum absolute atomic E-state index is 3.79. The molecule has 0 heterocycles. The van der Waals surface area contributed by atoms with Crippen molar-refractivity contribution in [3.63, 3.8) is 0 Å². The van der Waals surface area contributed by atoms with E-state index in [1.54, 1.807) is 0 Å². The first-order chi connectivity index (χ1) is 8.88. The third-order valence-electron chi connectivity index (χ3n) is 4.62. The molecule has 1 rings (SSSR count). The molecule has 108 valence electrons. The lowest BCUT2D eigenvalue weighted by Crippen LogP contribution is -2.32. The van der Waals surface area contributed by atoms with E-state index < -0.39 is 0 Å². The third-order valence-corrected chi connectivity index (χ3v) is 4.62. The molecule has 1 fully saturated rings. The van der Waals surface area contributed by atoms with Gasteiger partial charge in [-0.2, -0.15) is 0 Å². The lowest BCUT2D eigenvalue weighted by molar-refractivity contribution is 0.385. The molecule has 1 aliphatic carbocycles. The van der Waals surface area contributed by atoms with Crippen LogP contribution in [-0.4, -0.2) is 12.6 Å². The Bertz CT molecular complexity index is 178. The summed E-state index contributed by atoms with van der Waals surface area (Å²) in [6.07, 6.45) is 17.2. The highest BCUT2D eigenvalue weighted by Crippen LogP contribution is 2.27. The lowest BCUT2D eigenvalue weighted by atomic mass is 10.0. The summed E-state index contributed by atoms with van der Waals surface area (Å²) in [7, 11) is 0. The summed E-state index contributed by atoms with van der Waals surface area (Å²) in [5.41, 5.74) is 0. The second-order valence-corrected chi connectivity index (χ2v) is 6.13. The summed E-state index contributed by atoms with van der Waals surface area (Å²) in [6.45, 7) is 5.90. The van der Waals surface area contributed by atoms with Crippen molar-refractivity contribution in [3.8, 4) is 0 Å². The number of hydrogen-bond donors (Lipinski definition) is 1. The molecule has 0 aromatic carbocycles. The molecule has 0 aromatic heterocycles. The first-order valence-corrected chi connectivity index (χ1v) is 8.61. The van der Waals surface area contributed by atoms with Gasteiger partial charge < -0.3 is 5.32 Å². The molecular formula is C17H35N. The molecule has 1 N–H and O–H groups in total. The zero-order valence-electron chi connectivity index (χ0n) is 12.8. The molecule has 18 heavy (non-hydrogen) atoms. The van der Waals surface area contributed by atoms with E-state index in [1.165, 1.54) is 83.6 Å². The van der Waals surface area contributed by atoms with Gasteiger partial charge in [-0.1, -0.05) is 71.6 Å². The highest BCUT2D eigenvalue weighted by Gasteiger charge is 2.24. The van der Waals surface area contributed by atoms with Crippen LogP contribution in [0, 0.1) is 5.92 Å². The highest BCUT2D eigenvalue weighted by molar-refractivity contribution is 4.81. The van der Waals surface area contributed by atoms with Gasteiger partial charge in [-0.05, 0) is 31.7 Å². The number of hydrogen-bond acceptors (Lipinski definition) is 1. The SMILES string of the molecule is CCCCCCCCCCNC1CCCC1CC.